The van der Waals surface area contributed by atoms with Crippen LogP contribution in [0.25, 0.3) is 0 Å². The summed E-state index contributed by atoms with van der Waals surface area (Å²) in [5, 5.41) is 6.89. The summed E-state index contributed by atoms with van der Waals surface area (Å²) in [6.07, 6.45) is 0.915. The van der Waals surface area contributed by atoms with Gasteiger partial charge in [0.15, 0.2) is 5.96 Å². The highest BCUT2D eigenvalue weighted by atomic mass is 32.1. The Labute approximate surface area is 190 Å². The molecule has 0 unspecified atom stereocenters. The Morgan fingerprint density at radius 3 is 2.58 bits per heavy atom. The fraction of sp³-hybridized carbons (Fsp3) is 0.565. The molecule has 1 aliphatic heterocycles. The zero-order chi connectivity index (χ0) is 22.2. The Balaban J connectivity index is 1.47. The Morgan fingerprint density at radius 2 is 1.97 bits per heavy atom. The van der Waals surface area contributed by atoms with Gasteiger partial charge in [-0.3, -0.25) is 9.89 Å². The minimum atomic E-state index is 0.493. The molecule has 170 valence electrons. The normalized spacial score (nSPS) is 15.4. The van der Waals surface area contributed by atoms with E-state index in [0.29, 0.717) is 5.92 Å². The van der Waals surface area contributed by atoms with Crippen molar-refractivity contribution >= 4 is 17.3 Å². The molecule has 1 aromatic carbocycles. The van der Waals surface area contributed by atoms with Crippen LogP contribution in [0.1, 0.15) is 36.0 Å². The lowest BCUT2D eigenvalue weighted by molar-refractivity contribution is 0.171. The quantitative estimate of drug-likeness (QED) is 0.497. The Morgan fingerprint density at radius 1 is 1.19 bits per heavy atom. The number of hydrogen-bond donors (Lipinski definition) is 1. The van der Waals surface area contributed by atoms with E-state index in [4.69, 9.17) is 14.5 Å². The highest BCUT2D eigenvalue weighted by molar-refractivity contribution is 7.09. The van der Waals surface area contributed by atoms with E-state index in [1.807, 2.05) is 19.2 Å². The van der Waals surface area contributed by atoms with Crippen LogP contribution in [0.3, 0.4) is 0 Å². The molecule has 0 amide bonds. The first-order valence-electron chi connectivity index (χ1n) is 10.9. The van der Waals surface area contributed by atoms with E-state index in [1.54, 1.807) is 25.6 Å². The minimum absolute atomic E-state index is 0.493. The molecule has 0 radical (unpaired) electrons. The van der Waals surface area contributed by atoms with E-state index < -0.39 is 0 Å². The summed E-state index contributed by atoms with van der Waals surface area (Å²) in [5.41, 5.74) is 2.32. The summed E-state index contributed by atoms with van der Waals surface area (Å²) >= 11 is 1.75. The van der Waals surface area contributed by atoms with E-state index in [2.05, 4.69) is 45.4 Å². The lowest BCUT2D eigenvalue weighted by Crippen LogP contribution is -2.52. The molecule has 3 rings (SSSR count). The van der Waals surface area contributed by atoms with E-state index in [9.17, 15) is 0 Å². The van der Waals surface area contributed by atoms with Crippen LogP contribution in [0.5, 0.6) is 11.5 Å². The van der Waals surface area contributed by atoms with Gasteiger partial charge in [-0.05, 0) is 18.2 Å². The average molecular weight is 446 g/mol. The lowest BCUT2D eigenvalue weighted by Gasteiger charge is -2.36. The smallest absolute Gasteiger partial charge is 0.193 e. The second kappa shape index (κ2) is 11.3. The first-order valence-corrected chi connectivity index (χ1v) is 11.7. The number of aromatic nitrogens is 1. The molecule has 0 saturated carbocycles. The molecule has 7 nitrogen and oxygen atoms in total. The number of guanidine groups is 1. The third kappa shape index (κ3) is 6.33. The number of thiazole rings is 1. The number of hydrogen-bond acceptors (Lipinski definition) is 6. The molecule has 31 heavy (non-hydrogen) atoms. The predicted molar refractivity (Wildman–Crippen MR) is 128 cm³/mol. The average Bonchev–Trinajstić information content (AvgIpc) is 3.27. The number of nitrogens with zero attached hydrogens (tertiary/aromatic N) is 4. The molecule has 0 aliphatic carbocycles. The van der Waals surface area contributed by atoms with E-state index in [1.165, 1.54) is 5.01 Å². The maximum absolute atomic E-state index is 5.53. The third-order valence-corrected chi connectivity index (χ3v) is 6.69. The van der Waals surface area contributed by atoms with Crippen molar-refractivity contribution in [2.45, 2.75) is 32.7 Å². The third-order valence-electron chi connectivity index (χ3n) is 5.49. The molecule has 2 heterocycles. The maximum Gasteiger partial charge on any atom is 0.193 e. The number of ether oxygens (including phenoxy) is 2. The van der Waals surface area contributed by atoms with Crippen LogP contribution in [-0.4, -0.2) is 74.7 Å². The maximum atomic E-state index is 5.53. The van der Waals surface area contributed by atoms with Gasteiger partial charge >= 0.3 is 0 Å². The van der Waals surface area contributed by atoms with Crippen molar-refractivity contribution in [1.29, 1.82) is 0 Å². The summed E-state index contributed by atoms with van der Waals surface area (Å²) in [6, 6.07) is 5.97. The monoisotopic (exact) mass is 445 g/mol. The fourth-order valence-electron chi connectivity index (χ4n) is 3.70. The largest absolute Gasteiger partial charge is 0.497 e. The Bertz CT molecular complexity index is 859. The lowest BCUT2D eigenvalue weighted by atomic mass is 10.1. The van der Waals surface area contributed by atoms with Crippen molar-refractivity contribution in [3.05, 3.63) is 39.8 Å². The number of aliphatic imine (C=N–C) groups is 1. The van der Waals surface area contributed by atoms with Crippen molar-refractivity contribution in [2.24, 2.45) is 4.99 Å². The van der Waals surface area contributed by atoms with Gasteiger partial charge in [0.25, 0.3) is 0 Å². The van der Waals surface area contributed by atoms with Gasteiger partial charge in [-0.1, -0.05) is 13.8 Å². The van der Waals surface area contributed by atoms with E-state index in [-0.39, 0.29) is 0 Å². The van der Waals surface area contributed by atoms with Gasteiger partial charge < -0.3 is 19.7 Å². The highest BCUT2D eigenvalue weighted by Gasteiger charge is 2.21. The molecule has 1 saturated heterocycles. The van der Waals surface area contributed by atoms with Crippen molar-refractivity contribution in [1.82, 2.24) is 20.1 Å². The molecular formula is C23H35N5O2S. The first-order chi connectivity index (χ1) is 15.0. The standard InChI is InChI=1S/C23H35N5O2S/c1-17(2)22-26-19(16-31-22)8-9-25-23(24-3)28-12-10-27(11-13-28)15-18-14-20(29-4)6-7-21(18)30-5/h6-7,14,16-17H,8-13,15H2,1-5H3,(H,24,25). The second-order valence-corrected chi connectivity index (χ2v) is 8.89. The summed E-state index contributed by atoms with van der Waals surface area (Å²) in [5.74, 6) is 3.23. The summed E-state index contributed by atoms with van der Waals surface area (Å²) in [6.45, 7) is 9.91. The van der Waals surface area contributed by atoms with Gasteiger partial charge in [-0.15, -0.1) is 11.3 Å². The van der Waals surface area contributed by atoms with Crippen LogP contribution in [0.4, 0.5) is 0 Å². The summed E-state index contributed by atoms with van der Waals surface area (Å²) in [4.78, 5) is 14.0. The predicted octanol–water partition coefficient (Wildman–Crippen LogP) is 3.22. The zero-order valence-electron chi connectivity index (χ0n) is 19.4. The molecule has 0 bridgehead atoms. The summed E-state index contributed by atoms with van der Waals surface area (Å²) < 4.78 is 10.9. The fourth-order valence-corrected chi connectivity index (χ4v) is 4.57. The molecule has 2 aromatic rings. The molecule has 1 N–H and O–H groups in total. The molecule has 1 aliphatic rings. The van der Waals surface area contributed by atoms with Crippen molar-refractivity contribution in [3.8, 4) is 11.5 Å². The number of nitrogens with one attached hydrogen (secondary N) is 1. The Kier molecular flexibility index (Phi) is 8.54. The van der Waals surface area contributed by atoms with Gasteiger partial charge in [-0.2, -0.15) is 0 Å². The molecule has 0 atom stereocenters. The van der Waals surface area contributed by atoms with E-state index >= 15 is 0 Å². The van der Waals surface area contributed by atoms with Gasteiger partial charge in [0.2, 0.25) is 0 Å². The molecule has 1 aromatic heterocycles. The number of benzene rings is 1. The van der Waals surface area contributed by atoms with Gasteiger partial charge in [0, 0.05) is 69.6 Å². The number of rotatable bonds is 8. The topological polar surface area (TPSA) is 62.2 Å². The van der Waals surface area contributed by atoms with Crippen LogP contribution in [0.2, 0.25) is 0 Å². The molecule has 0 spiro atoms. The molecule has 1 fully saturated rings. The van der Waals surface area contributed by atoms with Crippen molar-refractivity contribution in [3.63, 3.8) is 0 Å². The minimum Gasteiger partial charge on any atom is -0.497 e. The van der Waals surface area contributed by atoms with Crippen molar-refractivity contribution < 1.29 is 9.47 Å². The van der Waals surface area contributed by atoms with Crippen LogP contribution < -0.4 is 14.8 Å². The molecular weight excluding hydrogens is 410 g/mol. The number of methoxy groups -OCH3 is 2. The second-order valence-electron chi connectivity index (χ2n) is 8.00. The zero-order valence-corrected chi connectivity index (χ0v) is 20.2. The van der Waals surface area contributed by atoms with Gasteiger partial charge in [0.05, 0.1) is 24.9 Å². The van der Waals surface area contributed by atoms with Gasteiger partial charge in [0.1, 0.15) is 11.5 Å². The summed E-state index contributed by atoms with van der Waals surface area (Å²) in [7, 11) is 5.27. The van der Waals surface area contributed by atoms with Gasteiger partial charge in [-0.25, -0.2) is 4.98 Å². The van der Waals surface area contributed by atoms with Crippen LogP contribution in [-0.2, 0) is 13.0 Å². The van der Waals surface area contributed by atoms with Crippen LogP contribution >= 0.6 is 11.3 Å². The van der Waals surface area contributed by atoms with Crippen LogP contribution in [0, 0.1) is 0 Å². The number of piperazine rings is 1. The Hall–Kier alpha value is -2.32. The van der Waals surface area contributed by atoms with E-state index in [0.717, 1.165) is 74.4 Å². The SMILES string of the molecule is CN=C(NCCc1csc(C(C)C)n1)N1CCN(Cc2cc(OC)ccc2OC)CC1. The molecule has 8 heteroatoms. The highest BCUT2D eigenvalue weighted by Crippen LogP contribution is 2.25. The first kappa shape index (κ1) is 23.3. The van der Waals surface area contributed by atoms with Crippen molar-refractivity contribution in [2.75, 3.05) is 54.0 Å². The van der Waals surface area contributed by atoms with Crippen LogP contribution in [0.15, 0.2) is 28.6 Å².